The maximum absolute atomic E-state index is 9.24. The van der Waals surface area contributed by atoms with E-state index in [9.17, 15) is 5.11 Å². The maximum atomic E-state index is 9.24. The molecular formula is C13H21NO3. The highest BCUT2D eigenvalue weighted by Crippen LogP contribution is 2.15. The Morgan fingerprint density at radius 3 is 2.76 bits per heavy atom. The van der Waals surface area contributed by atoms with Crippen molar-refractivity contribution in [1.82, 2.24) is 5.32 Å². The van der Waals surface area contributed by atoms with Crippen molar-refractivity contribution < 1.29 is 14.6 Å². The fourth-order valence-electron chi connectivity index (χ4n) is 1.33. The molecule has 2 N–H and O–H groups in total. The van der Waals surface area contributed by atoms with Gasteiger partial charge < -0.3 is 19.9 Å². The van der Waals surface area contributed by atoms with Gasteiger partial charge in [0.25, 0.3) is 0 Å². The number of aliphatic hydroxyl groups is 1. The van der Waals surface area contributed by atoms with E-state index in [0.717, 1.165) is 11.3 Å². The second-order valence-electron chi connectivity index (χ2n) is 4.34. The Kier molecular flexibility index (Phi) is 5.41. The highest BCUT2D eigenvalue weighted by atomic mass is 16.5. The van der Waals surface area contributed by atoms with E-state index >= 15 is 0 Å². The summed E-state index contributed by atoms with van der Waals surface area (Å²) in [5, 5.41) is 12.3. The van der Waals surface area contributed by atoms with Gasteiger partial charge in [0.05, 0.1) is 18.8 Å². The summed E-state index contributed by atoms with van der Waals surface area (Å²) >= 11 is 0. The van der Waals surface area contributed by atoms with Crippen LogP contribution in [0.5, 0.6) is 5.75 Å². The highest BCUT2D eigenvalue weighted by Gasteiger charge is 2.21. The summed E-state index contributed by atoms with van der Waals surface area (Å²) in [6.45, 7) is 2.92. The summed E-state index contributed by atoms with van der Waals surface area (Å²) in [7, 11) is 3.47. The molecule has 0 spiro atoms. The normalized spacial score (nSPS) is 14.4. The third kappa shape index (κ3) is 4.34. The lowest BCUT2D eigenvalue weighted by molar-refractivity contribution is 0.122. The van der Waals surface area contributed by atoms with E-state index in [2.05, 4.69) is 5.32 Å². The van der Waals surface area contributed by atoms with Gasteiger partial charge in [-0.2, -0.15) is 0 Å². The van der Waals surface area contributed by atoms with Crippen LogP contribution in [0.4, 0.5) is 0 Å². The molecule has 0 bridgehead atoms. The molecule has 0 heterocycles. The number of nitrogens with one attached hydrogen (secondary N) is 1. The van der Waals surface area contributed by atoms with Crippen molar-refractivity contribution in [2.24, 2.45) is 0 Å². The molecule has 0 aliphatic carbocycles. The molecular weight excluding hydrogens is 218 g/mol. The van der Waals surface area contributed by atoms with Gasteiger partial charge >= 0.3 is 0 Å². The van der Waals surface area contributed by atoms with E-state index in [0.29, 0.717) is 13.2 Å². The second kappa shape index (κ2) is 6.59. The average Bonchev–Trinajstić information content (AvgIpc) is 2.37. The van der Waals surface area contributed by atoms with Crippen molar-refractivity contribution in [3.8, 4) is 5.75 Å². The first kappa shape index (κ1) is 14.0. The molecule has 0 aliphatic heterocycles. The molecule has 1 aromatic carbocycles. The Balaban J connectivity index is 2.59. The maximum Gasteiger partial charge on any atom is 0.119 e. The van der Waals surface area contributed by atoms with Crippen LogP contribution in [0, 0.1) is 0 Å². The third-order valence-electron chi connectivity index (χ3n) is 2.72. The van der Waals surface area contributed by atoms with Gasteiger partial charge in [-0.3, -0.25) is 0 Å². The Morgan fingerprint density at radius 2 is 2.18 bits per heavy atom. The molecule has 0 amide bonds. The molecule has 1 aromatic rings. The quantitative estimate of drug-likeness (QED) is 0.750. The summed E-state index contributed by atoms with van der Waals surface area (Å²) < 4.78 is 10.7. The zero-order valence-electron chi connectivity index (χ0n) is 10.7. The van der Waals surface area contributed by atoms with Gasteiger partial charge in [-0.1, -0.05) is 12.1 Å². The van der Waals surface area contributed by atoms with Crippen molar-refractivity contribution in [2.75, 3.05) is 27.4 Å². The number of likely N-dealkylation sites (N-methyl/N-ethyl adjacent to an activating group) is 1. The zero-order valence-corrected chi connectivity index (χ0v) is 10.7. The Bertz CT molecular complexity index is 337. The summed E-state index contributed by atoms with van der Waals surface area (Å²) in [6.07, 6.45) is 0. The smallest absolute Gasteiger partial charge is 0.119 e. The number of methoxy groups -OCH3 is 1. The Labute approximate surface area is 103 Å². The predicted molar refractivity (Wildman–Crippen MR) is 67.2 cm³/mol. The first-order chi connectivity index (χ1) is 8.13. The van der Waals surface area contributed by atoms with Crippen LogP contribution in [-0.2, 0) is 11.3 Å². The van der Waals surface area contributed by atoms with Crippen LogP contribution < -0.4 is 10.1 Å². The fraction of sp³-hybridized carbons (Fsp3) is 0.538. The van der Waals surface area contributed by atoms with Crippen molar-refractivity contribution in [1.29, 1.82) is 0 Å². The summed E-state index contributed by atoms with van der Waals surface area (Å²) in [6, 6.07) is 7.75. The zero-order chi connectivity index (χ0) is 12.7. The van der Waals surface area contributed by atoms with Crippen LogP contribution in [0.3, 0.4) is 0 Å². The molecule has 1 atom stereocenters. The van der Waals surface area contributed by atoms with Crippen LogP contribution in [-0.4, -0.2) is 38.0 Å². The van der Waals surface area contributed by atoms with Gasteiger partial charge in [0.2, 0.25) is 0 Å². The van der Waals surface area contributed by atoms with Crippen LogP contribution in [0.25, 0.3) is 0 Å². The van der Waals surface area contributed by atoms with Crippen LogP contribution in [0.1, 0.15) is 12.5 Å². The minimum atomic E-state index is -0.419. The van der Waals surface area contributed by atoms with Gasteiger partial charge in [-0.25, -0.2) is 0 Å². The number of rotatable bonds is 7. The predicted octanol–water partition coefficient (Wildman–Crippen LogP) is 1.18. The largest absolute Gasteiger partial charge is 0.492 e. The molecule has 1 rings (SSSR count). The first-order valence-electron chi connectivity index (χ1n) is 5.64. The van der Waals surface area contributed by atoms with Crippen molar-refractivity contribution in [2.45, 2.75) is 19.1 Å². The third-order valence-corrected chi connectivity index (χ3v) is 2.72. The molecule has 0 aliphatic rings. The van der Waals surface area contributed by atoms with Crippen LogP contribution >= 0.6 is 0 Å². The van der Waals surface area contributed by atoms with E-state index in [1.807, 2.05) is 31.2 Å². The topological polar surface area (TPSA) is 50.7 Å². The van der Waals surface area contributed by atoms with E-state index in [4.69, 9.17) is 9.47 Å². The van der Waals surface area contributed by atoms with Gasteiger partial charge in [0, 0.05) is 7.11 Å². The number of hydrogen-bond acceptors (Lipinski definition) is 4. The Hall–Kier alpha value is -1.10. The molecule has 4 nitrogen and oxygen atoms in total. The van der Waals surface area contributed by atoms with Crippen LogP contribution in [0.15, 0.2) is 24.3 Å². The summed E-state index contributed by atoms with van der Waals surface area (Å²) in [4.78, 5) is 0. The number of ether oxygens (including phenoxy) is 2. The SMILES string of the molecule is CNC(C)(CO)COc1cccc(COC)c1. The standard InChI is InChI=1S/C13H21NO3/c1-13(9-15,14-2)10-17-12-6-4-5-11(7-12)8-16-3/h4-7,14-15H,8-10H2,1-3H3. The molecule has 0 saturated heterocycles. The minimum absolute atomic E-state index is 0.0290. The van der Waals surface area contributed by atoms with Gasteiger partial charge in [0.15, 0.2) is 0 Å². The molecule has 4 heteroatoms. The molecule has 0 radical (unpaired) electrons. The van der Waals surface area contributed by atoms with Gasteiger partial charge in [-0.05, 0) is 31.7 Å². The molecule has 17 heavy (non-hydrogen) atoms. The first-order valence-corrected chi connectivity index (χ1v) is 5.64. The van der Waals surface area contributed by atoms with Crippen LogP contribution in [0.2, 0.25) is 0 Å². The lowest BCUT2D eigenvalue weighted by Gasteiger charge is -2.26. The van der Waals surface area contributed by atoms with Crippen molar-refractivity contribution in [3.05, 3.63) is 29.8 Å². The highest BCUT2D eigenvalue weighted by molar-refractivity contribution is 5.28. The van der Waals surface area contributed by atoms with Gasteiger partial charge in [0.1, 0.15) is 12.4 Å². The lowest BCUT2D eigenvalue weighted by atomic mass is 10.1. The number of aliphatic hydroxyl groups excluding tert-OH is 1. The van der Waals surface area contributed by atoms with E-state index in [1.54, 1.807) is 14.2 Å². The number of hydrogen-bond donors (Lipinski definition) is 2. The monoisotopic (exact) mass is 239 g/mol. The number of benzene rings is 1. The molecule has 0 fully saturated rings. The average molecular weight is 239 g/mol. The summed E-state index contributed by atoms with van der Waals surface area (Å²) in [5.74, 6) is 0.787. The Morgan fingerprint density at radius 1 is 1.41 bits per heavy atom. The minimum Gasteiger partial charge on any atom is -0.492 e. The van der Waals surface area contributed by atoms with Crippen molar-refractivity contribution >= 4 is 0 Å². The molecule has 0 aromatic heterocycles. The van der Waals surface area contributed by atoms with E-state index in [1.165, 1.54) is 0 Å². The molecule has 0 saturated carbocycles. The second-order valence-corrected chi connectivity index (χ2v) is 4.34. The fourth-order valence-corrected chi connectivity index (χ4v) is 1.33. The molecule has 1 unspecified atom stereocenters. The van der Waals surface area contributed by atoms with E-state index < -0.39 is 5.54 Å². The molecule has 96 valence electrons. The summed E-state index contributed by atoms with van der Waals surface area (Å²) in [5.41, 5.74) is 0.650. The van der Waals surface area contributed by atoms with Gasteiger partial charge in [-0.15, -0.1) is 0 Å². The van der Waals surface area contributed by atoms with E-state index in [-0.39, 0.29) is 6.61 Å². The van der Waals surface area contributed by atoms with Crippen molar-refractivity contribution in [3.63, 3.8) is 0 Å². The lowest BCUT2D eigenvalue weighted by Crippen LogP contribution is -2.48.